The van der Waals surface area contributed by atoms with Gasteiger partial charge in [-0.15, -0.1) is 11.3 Å². The lowest BCUT2D eigenvalue weighted by Crippen LogP contribution is -2.32. The molecule has 0 aromatic carbocycles. The Morgan fingerprint density at radius 3 is 2.76 bits per heavy atom. The SMILES string of the molecule is CCNC1CCC(c2nc(Cc3nc(C)cs3)no2)CC1. The molecule has 1 aliphatic carbocycles. The van der Waals surface area contributed by atoms with Crippen molar-refractivity contribution in [1.82, 2.24) is 20.4 Å². The zero-order valence-corrected chi connectivity index (χ0v) is 13.4. The van der Waals surface area contributed by atoms with Gasteiger partial charge in [-0.3, -0.25) is 0 Å². The summed E-state index contributed by atoms with van der Waals surface area (Å²) >= 11 is 1.65. The van der Waals surface area contributed by atoms with Crippen LogP contribution in [0.5, 0.6) is 0 Å². The van der Waals surface area contributed by atoms with Gasteiger partial charge in [0, 0.05) is 23.0 Å². The molecule has 1 saturated carbocycles. The lowest BCUT2D eigenvalue weighted by atomic mass is 9.86. The molecule has 2 aromatic heterocycles. The van der Waals surface area contributed by atoms with Gasteiger partial charge >= 0.3 is 0 Å². The number of aryl methyl sites for hydroxylation is 1. The van der Waals surface area contributed by atoms with Crippen molar-refractivity contribution in [1.29, 1.82) is 0 Å². The molecule has 0 unspecified atom stereocenters. The van der Waals surface area contributed by atoms with Gasteiger partial charge in [-0.1, -0.05) is 12.1 Å². The van der Waals surface area contributed by atoms with E-state index in [-0.39, 0.29) is 0 Å². The van der Waals surface area contributed by atoms with E-state index in [4.69, 9.17) is 4.52 Å². The first kappa shape index (κ1) is 14.7. The fourth-order valence-electron chi connectivity index (χ4n) is 2.96. The average Bonchev–Trinajstić information content (AvgIpc) is 3.10. The highest BCUT2D eigenvalue weighted by molar-refractivity contribution is 7.09. The molecule has 1 aliphatic rings. The Morgan fingerprint density at radius 2 is 2.10 bits per heavy atom. The fourth-order valence-corrected chi connectivity index (χ4v) is 3.73. The highest BCUT2D eigenvalue weighted by Gasteiger charge is 2.26. The van der Waals surface area contributed by atoms with E-state index >= 15 is 0 Å². The van der Waals surface area contributed by atoms with E-state index in [0.717, 1.165) is 41.8 Å². The minimum atomic E-state index is 0.430. The maximum atomic E-state index is 5.47. The molecule has 114 valence electrons. The average molecular weight is 306 g/mol. The molecule has 0 aliphatic heterocycles. The van der Waals surface area contributed by atoms with Gasteiger partial charge in [-0.2, -0.15) is 4.98 Å². The first-order valence-corrected chi connectivity index (χ1v) is 8.59. The third-order valence-electron chi connectivity index (χ3n) is 4.03. The summed E-state index contributed by atoms with van der Waals surface area (Å²) in [6, 6.07) is 0.659. The highest BCUT2D eigenvalue weighted by atomic mass is 32.1. The summed E-state index contributed by atoms with van der Waals surface area (Å²) in [6.45, 7) is 5.22. The van der Waals surface area contributed by atoms with Crippen LogP contribution >= 0.6 is 11.3 Å². The number of hydrogen-bond acceptors (Lipinski definition) is 6. The number of thiazole rings is 1. The summed E-state index contributed by atoms with van der Waals surface area (Å²) in [6.07, 6.45) is 5.34. The first-order valence-electron chi connectivity index (χ1n) is 7.71. The van der Waals surface area contributed by atoms with Crippen molar-refractivity contribution in [2.24, 2.45) is 0 Å². The third-order valence-corrected chi connectivity index (χ3v) is 5.00. The van der Waals surface area contributed by atoms with Crippen LogP contribution in [0.25, 0.3) is 0 Å². The van der Waals surface area contributed by atoms with Gasteiger partial charge < -0.3 is 9.84 Å². The Bertz CT molecular complexity index is 572. The standard InChI is InChI=1S/C15H22N4OS/c1-3-16-12-6-4-11(5-7-12)15-18-13(19-20-15)8-14-17-10(2)9-21-14/h9,11-12,16H,3-8H2,1-2H3. The molecule has 0 radical (unpaired) electrons. The van der Waals surface area contributed by atoms with Crippen molar-refractivity contribution in [3.05, 3.63) is 27.8 Å². The summed E-state index contributed by atoms with van der Waals surface area (Å²) in [7, 11) is 0. The van der Waals surface area contributed by atoms with Crippen LogP contribution in [0.2, 0.25) is 0 Å². The molecule has 0 spiro atoms. The number of hydrogen-bond donors (Lipinski definition) is 1. The zero-order chi connectivity index (χ0) is 14.7. The Morgan fingerprint density at radius 1 is 1.29 bits per heavy atom. The van der Waals surface area contributed by atoms with E-state index in [1.807, 2.05) is 6.92 Å². The molecule has 5 nitrogen and oxygen atoms in total. The first-order chi connectivity index (χ1) is 10.2. The Balaban J connectivity index is 1.58. The Kier molecular flexibility index (Phi) is 4.65. The van der Waals surface area contributed by atoms with Crippen molar-refractivity contribution < 1.29 is 4.52 Å². The van der Waals surface area contributed by atoms with Gasteiger partial charge in [0.2, 0.25) is 5.89 Å². The van der Waals surface area contributed by atoms with Crippen LogP contribution in [0.1, 0.15) is 60.9 Å². The van der Waals surface area contributed by atoms with Crippen LogP contribution in [-0.2, 0) is 6.42 Å². The summed E-state index contributed by atoms with van der Waals surface area (Å²) in [5, 5.41) is 10.7. The molecule has 0 amide bonds. The summed E-state index contributed by atoms with van der Waals surface area (Å²) < 4.78 is 5.47. The van der Waals surface area contributed by atoms with E-state index in [2.05, 4.69) is 32.7 Å². The van der Waals surface area contributed by atoms with Gasteiger partial charge in [-0.05, 0) is 39.2 Å². The fraction of sp³-hybridized carbons (Fsp3) is 0.667. The molecule has 2 aromatic rings. The van der Waals surface area contributed by atoms with Crippen molar-refractivity contribution in [2.75, 3.05) is 6.54 Å². The van der Waals surface area contributed by atoms with Crippen LogP contribution in [0, 0.1) is 6.92 Å². The molecule has 1 N–H and O–H groups in total. The number of nitrogens with zero attached hydrogens (tertiary/aromatic N) is 3. The minimum Gasteiger partial charge on any atom is -0.339 e. The predicted octanol–water partition coefficient (Wildman–Crippen LogP) is 3.06. The molecule has 3 rings (SSSR count). The van der Waals surface area contributed by atoms with Crippen LogP contribution in [-0.4, -0.2) is 27.7 Å². The van der Waals surface area contributed by atoms with Gasteiger partial charge in [0.1, 0.15) is 5.01 Å². The van der Waals surface area contributed by atoms with E-state index in [1.54, 1.807) is 11.3 Å². The Hall–Kier alpha value is -1.27. The van der Waals surface area contributed by atoms with Crippen molar-refractivity contribution in [2.45, 2.75) is 57.9 Å². The van der Waals surface area contributed by atoms with Gasteiger partial charge in [-0.25, -0.2) is 4.98 Å². The molecule has 2 heterocycles. The van der Waals surface area contributed by atoms with E-state index in [9.17, 15) is 0 Å². The smallest absolute Gasteiger partial charge is 0.229 e. The van der Waals surface area contributed by atoms with Crippen LogP contribution < -0.4 is 5.32 Å². The second kappa shape index (κ2) is 6.66. The van der Waals surface area contributed by atoms with Crippen LogP contribution in [0.3, 0.4) is 0 Å². The molecular formula is C15H22N4OS. The summed E-state index contributed by atoms with van der Waals surface area (Å²) in [5.74, 6) is 2.00. The molecule has 0 bridgehead atoms. The maximum absolute atomic E-state index is 5.47. The van der Waals surface area contributed by atoms with Crippen molar-refractivity contribution in [3.8, 4) is 0 Å². The van der Waals surface area contributed by atoms with Crippen LogP contribution in [0.4, 0.5) is 0 Å². The van der Waals surface area contributed by atoms with E-state index in [1.165, 1.54) is 12.8 Å². The predicted molar refractivity (Wildman–Crippen MR) is 82.6 cm³/mol. The van der Waals surface area contributed by atoms with Gasteiger partial charge in [0.05, 0.1) is 6.42 Å². The topological polar surface area (TPSA) is 63.8 Å². The number of rotatable bonds is 5. The summed E-state index contributed by atoms with van der Waals surface area (Å²) in [4.78, 5) is 9.02. The molecule has 6 heteroatoms. The quantitative estimate of drug-likeness (QED) is 0.919. The van der Waals surface area contributed by atoms with E-state index in [0.29, 0.717) is 18.4 Å². The molecular weight excluding hydrogens is 284 g/mol. The molecule has 0 atom stereocenters. The van der Waals surface area contributed by atoms with Crippen molar-refractivity contribution in [3.63, 3.8) is 0 Å². The molecule has 0 saturated heterocycles. The van der Waals surface area contributed by atoms with Gasteiger partial charge in [0.25, 0.3) is 0 Å². The van der Waals surface area contributed by atoms with Crippen molar-refractivity contribution >= 4 is 11.3 Å². The normalized spacial score (nSPS) is 22.6. The second-order valence-corrected chi connectivity index (χ2v) is 6.66. The summed E-state index contributed by atoms with van der Waals surface area (Å²) in [5.41, 5.74) is 1.06. The second-order valence-electron chi connectivity index (χ2n) is 5.71. The lowest BCUT2D eigenvalue weighted by molar-refractivity contribution is 0.284. The monoisotopic (exact) mass is 306 g/mol. The highest BCUT2D eigenvalue weighted by Crippen LogP contribution is 2.32. The zero-order valence-electron chi connectivity index (χ0n) is 12.6. The number of nitrogens with one attached hydrogen (secondary N) is 1. The van der Waals surface area contributed by atoms with E-state index < -0.39 is 0 Å². The third kappa shape index (κ3) is 3.68. The molecule has 1 fully saturated rings. The minimum absolute atomic E-state index is 0.430. The lowest BCUT2D eigenvalue weighted by Gasteiger charge is -2.26. The Labute approximate surface area is 129 Å². The maximum Gasteiger partial charge on any atom is 0.229 e. The number of aromatic nitrogens is 3. The van der Waals surface area contributed by atoms with Gasteiger partial charge in [0.15, 0.2) is 5.82 Å². The molecule has 21 heavy (non-hydrogen) atoms. The van der Waals surface area contributed by atoms with Crippen LogP contribution in [0.15, 0.2) is 9.90 Å². The largest absolute Gasteiger partial charge is 0.339 e.